The van der Waals surface area contributed by atoms with Crippen molar-refractivity contribution in [1.29, 1.82) is 0 Å². The largest absolute Gasteiger partial charge is 0.352 e. The summed E-state index contributed by atoms with van der Waals surface area (Å²) in [5.74, 6) is 0.669. The van der Waals surface area contributed by atoms with Crippen molar-refractivity contribution in [2.24, 2.45) is 5.92 Å². The molecule has 2 nitrogen and oxygen atoms in total. The first-order valence-electron chi connectivity index (χ1n) is 7.43. The Morgan fingerprint density at radius 1 is 1.26 bits per heavy atom. The van der Waals surface area contributed by atoms with Crippen LogP contribution in [0.25, 0.3) is 0 Å². The first kappa shape index (κ1) is 15.7. The molecule has 0 radical (unpaired) electrons. The molecule has 0 aliphatic carbocycles. The molecule has 0 aliphatic heterocycles. The zero-order valence-electron chi connectivity index (χ0n) is 12.8. The van der Waals surface area contributed by atoms with Crippen molar-refractivity contribution < 1.29 is 4.79 Å². The minimum absolute atomic E-state index is 0.0625. The van der Waals surface area contributed by atoms with E-state index < -0.39 is 0 Å². The molecule has 106 valence electrons. The number of amides is 1. The zero-order chi connectivity index (χ0) is 14.3. The summed E-state index contributed by atoms with van der Waals surface area (Å²) >= 11 is 0. The highest BCUT2D eigenvalue weighted by Crippen LogP contribution is 2.13. The molecule has 0 heterocycles. The van der Waals surface area contributed by atoms with Gasteiger partial charge in [0.1, 0.15) is 0 Å². The van der Waals surface area contributed by atoms with Gasteiger partial charge in [-0.15, -0.1) is 0 Å². The summed E-state index contributed by atoms with van der Waals surface area (Å²) in [4.78, 5) is 12.2. The van der Waals surface area contributed by atoms with Crippen LogP contribution in [0.4, 0.5) is 0 Å². The number of carbonyl (C=O) groups is 1. The van der Waals surface area contributed by atoms with E-state index in [4.69, 9.17) is 0 Å². The van der Waals surface area contributed by atoms with Crippen LogP contribution in [-0.2, 0) is 0 Å². The van der Waals surface area contributed by atoms with E-state index in [2.05, 4.69) is 25.2 Å². The third-order valence-electron chi connectivity index (χ3n) is 3.72. The molecule has 2 heteroatoms. The quantitative estimate of drug-likeness (QED) is 0.781. The SMILES string of the molecule is CCCCC(CC)CNC(=O)c1ccc(C)cc1C. The van der Waals surface area contributed by atoms with Crippen LogP contribution in [0.15, 0.2) is 18.2 Å². The fourth-order valence-corrected chi connectivity index (χ4v) is 2.34. The minimum Gasteiger partial charge on any atom is -0.352 e. The van der Waals surface area contributed by atoms with Crippen molar-refractivity contribution in [3.63, 3.8) is 0 Å². The van der Waals surface area contributed by atoms with Crippen LogP contribution in [0.3, 0.4) is 0 Å². The monoisotopic (exact) mass is 261 g/mol. The van der Waals surface area contributed by atoms with E-state index in [-0.39, 0.29) is 5.91 Å². The van der Waals surface area contributed by atoms with Crippen LogP contribution in [-0.4, -0.2) is 12.5 Å². The van der Waals surface area contributed by atoms with E-state index in [1.54, 1.807) is 0 Å². The molecule has 1 amide bonds. The molecule has 0 aromatic heterocycles. The molecule has 1 N–H and O–H groups in total. The number of hydrogen-bond acceptors (Lipinski definition) is 1. The van der Waals surface area contributed by atoms with Gasteiger partial charge in [-0.2, -0.15) is 0 Å². The first-order valence-corrected chi connectivity index (χ1v) is 7.43. The second-order valence-corrected chi connectivity index (χ2v) is 5.44. The zero-order valence-corrected chi connectivity index (χ0v) is 12.8. The third-order valence-corrected chi connectivity index (χ3v) is 3.72. The van der Waals surface area contributed by atoms with Crippen molar-refractivity contribution in [3.8, 4) is 0 Å². The van der Waals surface area contributed by atoms with Gasteiger partial charge in [0.15, 0.2) is 0 Å². The van der Waals surface area contributed by atoms with E-state index in [0.29, 0.717) is 5.92 Å². The fraction of sp³-hybridized carbons (Fsp3) is 0.588. The lowest BCUT2D eigenvalue weighted by Gasteiger charge is -2.16. The van der Waals surface area contributed by atoms with Gasteiger partial charge in [-0.05, 0) is 37.8 Å². The number of rotatable bonds is 7. The van der Waals surface area contributed by atoms with E-state index >= 15 is 0 Å². The predicted octanol–water partition coefficient (Wildman–Crippen LogP) is 4.25. The molecule has 1 atom stereocenters. The van der Waals surface area contributed by atoms with Crippen LogP contribution in [0, 0.1) is 19.8 Å². The molecule has 0 spiro atoms. The predicted molar refractivity (Wildman–Crippen MR) is 81.6 cm³/mol. The summed E-state index contributed by atoms with van der Waals surface area (Å²) < 4.78 is 0. The molecular formula is C17H27NO. The van der Waals surface area contributed by atoms with Crippen LogP contribution >= 0.6 is 0 Å². The van der Waals surface area contributed by atoms with Gasteiger partial charge in [-0.1, -0.05) is 50.8 Å². The van der Waals surface area contributed by atoms with Crippen molar-refractivity contribution in [2.45, 2.75) is 53.4 Å². The summed E-state index contributed by atoms with van der Waals surface area (Å²) in [6.07, 6.45) is 4.81. The Balaban J connectivity index is 2.54. The van der Waals surface area contributed by atoms with E-state index in [0.717, 1.165) is 24.1 Å². The Hall–Kier alpha value is -1.31. The second kappa shape index (κ2) is 7.98. The van der Waals surface area contributed by atoms with Crippen LogP contribution in [0.5, 0.6) is 0 Å². The Bertz CT molecular complexity index is 412. The van der Waals surface area contributed by atoms with Crippen LogP contribution in [0.1, 0.15) is 61.0 Å². The lowest BCUT2D eigenvalue weighted by atomic mass is 9.99. The first-order chi connectivity index (χ1) is 9.08. The Kier molecular flexibility index (Phi) is 6.61. The van der Waals surface area contributed by atoms with Crippen molar-refractivity contribution in [3.05, 3.63) is 34.9 Å². The molecule has 1 aromatic carbocycles. The average Bonchev–Trinajstić information content (AvgIpc) is 2.38. The number of unbranched alkanes of at least 4 members (excludes halogenated alkanes) is 1. The van der Waals surface area contributed by atoms with Gasteiger partial charge in [-0.3, -0.25) is 4.79 Å². The van der Waals surface area contributed by atoms with E-state index in [1.165, 1.54) is 24.8 Å². The number of nitrogens with one attached hydrogen (secondary N) is 1. The fourth-order valence-electron chi connectivity index (χ4n) is 2.34. The molecule has 1 unspecified atom stereocenters. The molecule has 0 fully saturated rings. The highest BCUT2D eigenvalue weighted by molar-refractivity contribution is 5.95. The Morgan fingerprint density at radius 2 is 2.00 bits per heavy atom. The molecule has 19 heavy (non-hydrogen) atoms. The van der Waals surface area contributed by atoms with Gasteiger partial charge < -0.3 is 5.32 Å². The summed E-state index contributed by atoms with van der Waals surface area (Å²) in [5, 5.41) is 3.08. The standard InChI is InChI=1S/C17H27NO/c1-5-7-8-15(6-2)12-18-17(19)16-10-9-13(3)11-14(16)4/h9-11,15H,5-8,12H2,1-4H3,(H,18,19). The number of hydrogen-bond donors (Lipinski definition) is 1. The van der Waals surface area contributed by atoms with Gasteiger partial charge >= 0.3 is 0 Å². The Morgan fingerprint density at radius 3 is 2.58 bits per heavy atom. The minimum atomic E-state index is 0.0625. The number of aryl methyl sites for hydroxylation is 2. The molecule has 0 bridgehead atoms. The maximum atomic E-state index is 12.2. The third kappa shape index (κ3) is 5.06. The molecule has 0 saturated carbocycles. The van der Waals surface area contributed by atoms with Crippen molar-refractivity contribution >= 4 is 5.91 Å². The normalized spacial score (nSPS) is 12.2. The summed E-state index contributed by atoms with van der Waals surface area (Å²) in [6, 6.07) is 5.98. The molecule has 0 aliphatic rings. The topological polar surface area (TPSA) is 29.1 Å². The van der Waals surface area contributed by atoms with Gasteiger partial charge in [0, 0.05) is 12.1 Å². The van der Waals surface area contributed by atoms with E-state index in [1.807, 2.05) is 26.0 Å². The smallest absolute Gasteiger partial charge is 0.251 e. The van der Waals surface area contributed by atoms with Crippen LogP contribution in [0.2, 0.25) is 0 Å². The summed E-state index contributed by atoms with van der Waals surface area (Å²) in [5.41, 5.74) is 3.05. The van der Waals surface area contributed by atoms with Crippen molar-refractivity contribution in [1.82, 2.24) is 5.32 Å². The number of benzene rings is 1. The van der Waals surface area contributed by atoms with Crippen molar-refractivity contribution in [2.75, 3.05) is 6.54 Å². The highest BCUT2D eigenvalue weighted by Gasteiger charge is 2.11. The molecule has 0 saturated heterocycles. The van der Waals surface area contributed by atoms with Gasteiger partial charge in [-0.25, -0.2) is 0 Å². The lowest BCUT2D eigenvalue weighted by molar-refractivity contribution is 0.0945. The average molecular weight is 261 g/mol. The highest BCUT2D eigenvalue weighted by atomic mass is 16.1. The molecule has 1 aromatic rings. The lowest BCUT2D eigenvalue weighted by Crippen LogP contribution is -2.29. The Labute approximate surface area is 117 Å². The van der Waals surface area contributed by atoms with Crippen LogP contribution < -0.4 is 5.32 Å². The van der Waals surface area contributed by atoms with Gasteiger partial charge in [0.05, 0.1) is 0 Å². The maximum Gasteiger partial charge on any atom is 0.251 e. The van der Waals surface area contributed by atoms with Gasteiger partial charge in [0.25, 0.3) is 5.91 Å². The molecule has 1 rings (SSSR count). The summed E-state index contributed by atoms with van der Waals surface area (Å²) in [7, 11) is 0. The number of carbonyl (C=O) groups excluding carboxylic acids is 1. The molecular weight excluding hydrogens is 234 g/mol. The summed E-state index contributed by atoms with van der Waals surface area (Å²) in [6.45, 7) is 9.25. The van der Waals surface area contributed by atoms with E-state index in [9.17, 15) is 4.79 Å². The maximum absolute atomic E-state index is 12.2. The van der Waals surface area contributed by atoms with Gasteiger partial charge in [0.2, 0.25) is 0 Å². The second-order valence-electron chi connectivity index (χ2n) is 5.44.